The molecule has 0 aliphatic heterocycles. The van der Waals surface area contributed by atoms with E-state index in [1.807, 2.05) is 19.1 Å². The molecule has 3 heteroatoms. The van der Waals surface area contributed by atoms with Crippen LogP contribution in [0.3, 0.4) is 0 Å². The lowest BCUT2D eigenvalue weighted by Gasteiger charge is -2.14. The van der Waals surface area contributed by atoms with Crippen LogP contribution in [0.5, 0.6) is 0 Å². The molecule has 0 fully saturated rings. The van der Waals surface area contributed by atoms with Gasteiger partial charge in [0.05, 0.1) is 5.56 Å². The van der Waals surface area contributed by atoms with Gasteiger partial charge < -0.3 is 5.32 Å². The molecule has 16 heavy (non-hydrogen) atoms. The summed E-state index contributed by atoms with van der Waals surface area (Å²) in [5.41, 5.74) is 0.713. The maximum atomic E-state index is 11.9. The molecule has 1 N–H and O–H groups in total. The van der Waals surface area contributed by atoms with Crippen LogP contribution in [0.1, 0.15) is 50.4 Å². The van der Waals surface area contributed by atoms with Crippen molar-refractivity contribution in [1.29, 1.82) is 0 Å². The third-order valence-corrected chi connectivity index (χ3v) is 2.58. The Morgan fingerprint density at radius 1 is 1.50 bits per heavy atom. The fraction of sp³-hybridized carbons (Fsp3) is 0.538. The minimum absolute atomic E-state index is 0.168. The first-order chi connectivity index (χ1) is 7.69. The van der Waals surface area contributed by atoms with Crippen molar-refractivity contribution < 1.29 is 4.79 Å². The number of pyridine rings is 1. The smallest absolute Gasteiger partial charge is 0.166 e. The first-order valence-corrected chi connectivity index (χ1v) is 5.93. The van der Waals surface area contributed by atoms with Gasteiger partial charge in [-0.25, -0.2) is 4.98 Å². The Morgan fingerprint density at radius 3 is 2.88 bits per heavy atom. The summed E-state index contributed by atoms with van der Waals surface area (Å²) in [6.45, 7) is 6.20. The number of carbonyl (C=O) groups excluding carboxylic acids is 1. The van der Waals surface area contributed by atoms with Gasteiger partial charge in [-0.1, -0.05) is 13.8 Å². The fourth-order valence-electron chi connectivity index (χ4n) is 1.44. The molecule has 1 aromatic rings. The third kappa shape index (κ3) is 3.33. The maximum Gasteiger partial charge on any atom is 0.166 e. The molecule has 0 saturated heterocycles. The van der Waals surface area contributed by atoms with Gasteiger partial charge in [0.15, 0.2) is 5.78 Å². The van der Waals surface area contributed by atoms with Gasteiger partial charge in [-0.3, -0.25) is 4.79 Å². The van der Waals surface area contributed by atoms with Crippen LogP contribution < -0.4 is 5.32 Å². The number of Topliss-reactive ketones (excluding diaryl/α,β-unsaturated/α-hetero) is 1. The van der Waals surface area contributed by atoms with Crippen LogP contribution >= 0.6 is 0 Å². The molecule has 88 valence electrons. The fourth-order valence-corrected chi connectivity index (χ4v) is 1.44. The van der Waals surface area contributed by atoms with E-state index in [-0.39, 0.29) is 5.78 Å². The van der Waals surface area contributed by atoms with Crippen LogP contribution in [0.4, 0.5) is 5.82 Å². The zero-order chi connectivity index (χ0) is 12.0. The number of carbonyl (C=O) groups is 1. The summed E-state index contributed by atoms with van der Waals surface area (Å²) in [5.74, 6) is 0.886. The van der Waals surface area contributed by atoms with Gasteiger partial charge >= 0.3 is 0 Å². The first kappa shape index (κ1) is 12.7. The minimum atomic E-state index is 0.168. The van der Waals surface area contributed by atoms with Gasteiger partial charge in [0.1, 0.15) is 5.82 Å². The van der Waals surface area contributed by atoms with E-state index in [1.165, 1.54) is 0 Å². The number of ketones is 1. The van der Waals surface area contributed by atoms with E-state index in [4.69, 9.17) is 0 Å². The molecule has 0 aliphatic rings. The SMILES string of the molecule is CCCC(=O)c1cccnc1NC(C)CC. The van der Waals surface area contributed by atoms with Crippen molar-refractivity contribution in [1.82, 2.24) is 4.98 Å². The second-order valence-corrected chi connectivity index (χ2v) is 4.03. The Labute approximate surface area is 97.3 Å². The monoisotopic (exact) mass is 220 g/mol. The molecule has 3 nitrogen and oxygen atoms in total. The van der Waals surface area contributed by atoms with Gasteiger partial charge in [-0.05, 0) is 31.9 Å². The highest BCUT2D eigenvalue weighted by atomic mass is 16.1. The van der Waals surface area contributed by atoms with Gasteiger partial charge in [0, 0.05) is 18.7 Å². The summed E-state index contributed by atoms with van der Waals surface area (Å²) in [7, 11) is 0. The van der Waals surface area contributed by atoms with Crippen molar-refractivity contribution in [3.8, 4) is 0 Å². The van der Waals surface area contributed by atoms with E-state index in [0.29, 0.717) is 18.0 Å². The Bertz CT molecular complexity index is 350. The Hall–Kier alpha value is -1.38. The Balaban J connectivity index is 2.87. The summed E-state index contributed by atoms with van der Waals surface area (Å²) in [6.07, 6.45) is 4.18. The molecule has 0 bridgehead atoms. The molecule has 1 heterocycles. The third-order valence-electron chi connectivity index (χ3n) is 2.58. The number of hydrogen-bond acceptors (Lipinski definition) is 3. The summed E-state index contributed by atoms with van der Waals surface area (Å²) in [5, 5.41) is 3.27. The number of aromatic nitrogens is 1. The standard InChI is InChI=1S/C13H20N2O/c1-4-7-12(16)11-8-6-9-14-13(11)15-10(3)5-2/h6,8-10H,4-5,7H2,1-3H3,(H,14,15). The van der Waals surface area contributed by atoms with Crippen LogP contribution in [0.15, 0.2) is 18.3 Å². The summed E-state index contributed by atoms with van der Waals surface area (Å²) < 4.78 is 0. The molecular weight excluding hydrogens is 200 g/mol. The highest BCUT2D eigenvalue weighted by molar-refractivity contribution is 6.00. The second kappa shape index (κ2) is 6.26. The minimum Gasteiger partial charge on any atom is -0.367 e. The molecule has 0 amide bonds. The molecule has 1 rings (SSSR count). The zero-order valence-electron chi connectivity index (χ0n) is 10.3. The predicted octanol–water partition coefficient (Wildman–Crippen LogP) is 3.27. The largest absolute Gasteiger partial charge is 0.367 e. The van der Waals surface area contributed by atoms with Crippen molar-refractivity contribution in [2.45, 2.75) is 46.1 Å². The van der Waals surface area contributed by atoms with E-state index >= 15 is 0 Å². The van der Waals surface area contributed by atoms with Crippen LogP contribution in [-0.2, 0) is 0 Å². The average molecular weight is 220 g/mol. The Kier molecular flexibility index (Phi) is 4.96. The maximum absolute atomic E-state index is 11.9. The average Bonchev–Trinajstić information content (AvgIpc) is 2.30. The van der Waals surface area contributed by atoms with E-state index in [0.717, 1.165) is 18.7 Å². The first-order valence-electron chi connectivity index (χ1n) is 5.93. The predicted molar refractivity (Wildman–Crippen MR) is 66.9 cm³/mol. The zero-order valence-corrected chi connectivity index (χ0v) is 10.3. The number of rotatable bonds is 6. The van der Waals surface area contributed by atoms with Gasteiger partial charge in [-0.15, -0.1) is 0 Å². The van der Waals surface area contributed by atoms with Crippen molar-refractivity contribution in [3.05, 3.63) is 23.9 Å². The number of hydrogen-bond donors (Lipinski definition) is 1. The summed E-state index contributed by atoms with van der Waals surface area (Å²) in [4.78, 5) is 16.1. The van der Waals surface area contributed by atoms with Crippen molar-refractivity contribution in [3.63, 3.8) is 0 Å². The molecule has 0 spiro atoms. The Morgan fingerprint density at radius 2 is 2.25 bits per heavy atom. The van der Waals surface area contributed by atoms with E-state index in [9.17, 15) is 4.79 Å². The molecule has 0 saturated carbocycles. The van der Waals surface area contributed by atoms with Gasteiger partial charge in [0.2, 0.25) is 0 Å². The normalized spacial score (nSPS) is 12.2. The number of anilines is 1. The second-order valence-electron chi connectivity index (χ2n) is 4.03. The molecule has 1 unspecified atom stereocenters. The molecule has 1 atom stereocenters. The van der Waals surface area contributed by atoms with Gasteiger partial charge in [0.25, 0.3) is 0 Å². The van der Waals surface area contributed by atoms with Crippen LogP contribution in [0.25, 0.3) is 0 Å². The van der Waals surface area contributed by atoms with Crippen LogP contribution in [-0.4, -0.2) is 16.8 Å². The lowest BCUT2D eigenvalue weighted by atomic mass is 10.1. The lowest BCUT2D eigenvalue weighted by Crippen LogP contribution is -2.17. The van der Waals surface area contributed by atoms with Crippen LogP contribution in [0.2, 0.25) is 0 Å². The van der Waals surface area contributed by atoms with Gasteiger partial charge in [-0.2, -0.15) is 0 Å². The van der Waals surface area contributed by atoms with Crippen LogP contribution in [0, 0.1) is 0 Å². The lowest BCUT2D eigenvalue weighted by molar-refractivity contribution is 0.0982. The summed E-state index contributed by atoms with van der Waals surface area (Å²) >= 11 is 0. The number of nitrogens with zero attached hydrogens (tertiary/aromatic N) is 1. The van der Waals surface area contributed by atoms with Crippen molar-refractivity contribution >= 4 is 11.6 Å². The van der Waals surface area contributed by atoms with E-state index < -0.39 is 0 Å². The highest BCUT2D eigenvalue weighted by Crippen LogP contribution is 2.16. The highest BCUT2D eigenvalue weighted by Gasteiger charge is 2.12. The molecule has 1 aromatic heterocycles. The topological polar surface area (TPSA) is 42.0 Å². The molecule has 0 radical (unpaired) electrons. The quantitative estimate of drug-likeness (QED) is 0.748. The molecular formula is C13H20N2O. The van der Waals surface area contributed by atoms with E-state index in [1.54, 1.807) is 6.20 Å². The van der Waals surface area contributed by atoms with Crippen molar-refractivity contribution in [2.75, 3.05) is 5.32 Å². The molecule has 0 aliphatic carbocycles. The number of nitrogens with one attached hydrogen (secondary N) is 1. The summed E-state index contributed by atoms with van der Waals surface area (Å²) in [6, 6.07) is 3.99. The molecule has 0 aromatic carbocycles. The van der Waals surface area contributed by atoms with Crippen molar-refractivity contribution in [2.24, 2.45) is 0 Å². The van der Waals surface area contributed by atoms with E-state index in [2.05, 4.69) is 24.1 Å².